The van der Waals surface area contributed by atoms with Gasteiger partial charge in [-0.25, -0.2) is 15.0 Å². The molecule has 2 heterocycles. The molecule has 4 nitrogen and oxygen atoms in total. The van der Waals surface area contributed by atoms with E-state index in [2.05, 4.69) is 126 Å². The van der Waals surface area contributed by atoms with E-state index in [1.165, 1.54) is 34.2 Å². The number of nitrogens with zero attached hydrogens (tertiary/aromatic N) is 3. The molecule has 0 spiro atoms. The summed E-state index contributed by atoms with van der Waals surface area (Å²) in [5.74, 6) is 2.22. The van der Waals surface area contributed by atoms with Crippen molar-refractivity contribution < 1.29 is 4.42 Å². The molecule has 0 saturated heterocycles. The van der Waals surface area contributed by atoms with Crippen molar-refractivity contribution in [2.75, 3.05) is 0 Å². The van der Waals surface area contributed by atoms with Crippen molar-refractivity contribution in [2.24, 2.45) is 0 Å². The van der Waals surface area contributed by atoms with Gasteiger partial charge in [0.05, 0.1) is 0 Å². The van der Waals surface area contributed by atoms with Crippen molar-refractivity contribution in [3.05, 3.63) is 131 Å². The number of furan rings is 1. The average Bonchev–Trinajstić information content (AvgIpc) is 3.45. The zero-order valence-corrected chi connectivity index (χ0v) is 27.3. The highest BCUT2D eigenvalue weighted by molar-refractivity contribution is 6.05. The quantitative estimate of drug-likeness (QED) is 0.202. The van der Waals surface area contributed by atoms with Crippen molar-refractivity contribution in [1.29, 1.82) is 0 Å². The van der Waals surface area contributed by atoms with E-state index >= 15 is 0 Å². The summed E-state index contributed by atoms with van der Waals surface area (Å²) in [6.07, 6.45) is 9.94. The predicted octanol–water partition coefficient (Wildman–Crippen LogP) is 10.9. The number of hydrogen-bond acceptors (Lipinski definition) is 4. The third-order valence-electron chi connectivity index (χ3n) is 10.2. The minimum absolute atomic E-state index is 0.0314. The molecule has 2 aliphatic rings. The molecule has 46 heavy (non-hydrogen) atoms. The third-order valence-corrected chi connectivity index (χ3v) is 10.2. The number of benzene rings is 4. The average molecular weight is 602 g/mol. The van der Waals surface area contributed by atoms with Crippen molar-refractivity contribution in [1.82, 2.24) is 15.0 Å². The van der Waals surface area contributed by atoms with Crippen LogP contribution in [0.25, 0.3) is 50.3 Å². The number of hydrogen-bond donors (Lipinski definition) is 0. The Morgan fingerprint density at radius 1 is 0.674 bits per heavy atom. The van der Waals surface area contributed by atoms with Gasteiger partial charge in [0.25, 0.3) is 0 Å². The Morgan fingerprint density at radius 3 is 2.17 bits per heavy atom. The van der Waals surface area contributed by atoms with Gasteiger partial charge in [0, 0.05) is 27.8 Å². The van der Waals surface area contributed by atoms with Gasteiger partial charge in [-0.15, -0.1) is 0 Å². The summed E-state index contributed by atoms with van der Waals surface area (Å²) < 4.78 is 6.27. The number of fused-ring (bicyclic) bond motifs is 4. The lowest BCUT2D eigenvalue weighted by atomic mass is 9.62. The van der Waals surface area contributed by atoms with E-state index in [-0.39, 0.29) is 16.7 Å². The minimum Gasteiger partial charge on any atom is -0.456 e. The second kappa shape index (κ2) is 10.6. The molecular formula is C42H39N3O. The van der Waals surface area contributed by atoms with E-state index in [1.54, 1.807) is 0 Å². The first-order chi connectivity index (χ1) is 22.2. The summed E-state index contributed by atoms with van der Waals surface area (Å²) in [5, 5.41) is 2.21. The van der Waals surface area contributed by atoms with Crippen LogP contribution in [-0.2, 0) is 10.8 Å². The standard InChI is InChI=1S/C42H39N3O/c1-26-22-34-35(42(4,5)21-20-41(34,2)3)25-33(26)40-44-38(29-15-11-14-28(23-29)27-12-7-6-8-13-27)43-39(45-40)30-18-19-32-31-16-9-10-17-36(31)46-37(32)24-30/h6-14,16-19,22-25,29H,15,20-21H2,1-5H3. The third kappa shape index (κ3) is 4.88. The normalized spacial score (nSPS) is 18.5. The smallest absolute Gasteiger partial charge is 0.164 e. The molecule has 2 aliphatic carbocycles. The van der Waals surface area contributed by atoms with Gasteiger partial charge in [0.15, 0.2) is 11.6 Å². The van der Waals surface area contributed by atoms with Gasteiger partial charge in [-0.05, 0) is 89.1 Å². The van der Waals surface area contributed by atoms with E-state index < -0.39 is 0 Å². The highest BCUT2D eigenvalue weighted by Crippen LogP contribution is 2.47. The van der Waals surface area contributed by atoms with Crippen LogP contribution in [0.3, 0.4) is 0 Å². The van der Waals surface area contributed by atoms with Gasteiger partial charge in [0.1, 0.15) is 17.0 Å². The fourth-order valence-corrected chi connectivity index (χ4v) is 7.32. The monoisotopic (exact) mass is 601 g/mol. The fraction of sp³-hybridized carbons (Fsp3) is 0.262. The molecule has 2 aromatic heterocycles. The van der Waals surface area contributed by atoms with E-state index in [4.69, 9.17) is 19.4 Å². The van der Waals surface area contributed by atoms with Gasteiger partial charge in [-0.2, -0.15) is 0 Å². The first kappa shape index (κ1) is 28.6. The van der Waals surface area contributed by atoms with Crippen LogP contribution >= 0.6 is 0 Å². The molecule has 0 radical (unpaired) electrons. The van der Waals surface area contributed by atoms with E-state index in [0.29, 0.717) is 5.82 Å². The van der Waals surface area contributed by atoms with Gasteiger partial charge < -0.3 is 4.42 Å². The van der Waals surface area contributed by atoms with Crippen molar-refractivity contribution in [3.8, 4) is 22.8 Å². The highest BCUT2D eigenvalue weighted by atomic mass is 16.3. The number of allylic oxidation sites excluding steroid dienone is 4. The fourth-order valence-electron chi connectivity index (χ4n) is 7.32. The van der Waals surface area contributed by atoms with Crippen LogP contribution in [0.15, 0.2) is 108 Å². The van der Waals surface area contributed by atoms with Gasteiger partial charge >= 0.3 is 0 Å². The van der Waals surface area contributed by atoms with Gasteiger partial charge in [-0.3, -0.25) is 0 Å². The minimum atomic E-state index is 0.0314. The lowest BCUT2D eigenvalue weighted by Gasteiger charge is -2.42. The summed E-state index contributed by atoms with van der Waals surface area (Å²) in [6.45, 7) is 11.7. The molecule has 228 valence electrons. The maximum atomic E-state index is 6.27. The Balaban J connectivity index is 1.31. The van der Waals surface area contributed by atoms with Crippen molar-refractivity contribution in [3.63, 3.8) is 0 Å². The van der Waals surface area contributed by atoms with Crippen molar-refractivity contribution >= 4 is 27.5 Å². The summed E-state index contributed by atoms with van der Waals surface area (Å²) >= 11 is 0. The Morgan fingerprint density at radius 2 is 1.37 bits per heavy atom. The summed E-state index contributed by atoms with van der Waals surface area (Å²) in [6, 6.07) is 29.8. The molecule has 0 N–H and O–H groups in total. The second-order valence-corrected chi connectivity index (χ2v) is 14.4. The van der Waals surface area contributed by atoms with Crippen molar-refractivity contribution in [2.45, 2.75) is 70.6 Å². The summed E-state index contributed by atoms with van der Waals surface area (Å²) in [5.41, 5.74) is 10.4. The number of rotatable bonds is 4. The molecule has 4 aromatic carbocycles. The van der Waals surface area contributed by atoms with Crippen LogP contribution in [0, 0.1) is 6.92 Å². The largest absolute Gasteiger partial charge is 0.456 e. The van der Waals surface area contributed by atoms with Gasteiger partial charge in [-0.1, -0.05) is 107 Å². The first-order valence-corrected chi connectivity index (χ1v) is 16.4. The van der Waals surface area contributed by atoms with E-state index in [1.807, 2.05) is 12.1 Å². The maximum Gasteiger partial charge on any atom is 0.164 e. The number of para-hydroxylation sites is 1. The topological polar surface area (TPSA) is 51.8 Å². The zero-order valence-electron chi connectivity index (χ0n) is 27.3. The summed E-state index contributed by atoms with van der Waals surface area (Å²) in [4.78, 5) is 15.6. The molecule has 8 rings (SSSR count). The van der Waals surface area contributed by atoms with Crippen LogP contribution in [0.1, 0.15) is 81.0 Å². The van der Waals surface area contributed by atoms with Crippen LogP contribution < -0.4 is 0 Å². The van der Waals surface area contributed by atoms with Crippen LogP contribution in [0.4, 0.5) is 0 Å². The van der Waals surface area contributed by atoms with Crippen LogP contribution in [0.5, 0.6) is 0 Å². The summed E-state index contributed by atoms with van der Waals surface area (Å²) in [7, 11) is 0. The second-order valence-electron chi connectivity index (χ2n) is 14.4. The molecule has 0 aliphatic heterocycles. The molecule has 0 amide bonds. The van der Waals surface area contributed by atoms with E-state index in [9.17, 15) is 0 Å². The van der Waals surface area contributed by atoms with Crippen LogP contribution in [0.2, 0.25) is 0 Å². The van der Waals surface area contributed by atoms with Gasteiger partial charge in [0.2, 0.25) is 0 Å². The molecular weight excluding hydrogens is 562 g/mol. The Bertz CT molecular complexity index is 2200. The number of aryl methyl sites for hydroxylation is 1. The molecule has 0 saturated carbocycles. The molecule has 0 bridgehead atoms. The lowest BCUT2D eigenvalue weighted by molar-refractivity contribution is 0.332. The maximum absolute atomic E-state index is 6.27. The predicted molar refractivity (Wildman–Crippen MR) is 189 cm³/mol. The number of aromatic nitrogens is 3. The lowest BCUT2D eigenvalue weighted by Crippen LogP contribution is -2.34. The Hall–Kier alpha value is -4.83. The van der Waals surface area contributed by atoms with E-state index in [0.717, 1.165) is 57.6 Å². The molecule has 4 heteroatoms. The molecule has 1 unspecified atom stereocenters. The first-order valence-electron chi connectivity index (χ1n) is 16.4. The molecule has 1 atom stereocenters. The zero-order chi connectivity index (χ0) is 31.6. The Labute approximate surface area is 271 Å². The highest BCUT2D eigenvalue weighted by Gasteiger charge is 2.37. The Kier molecular flexibility index (Phi) is 6.61. The van der Waals surface area contributed by atoms with Crippen LogP contribution in [-0.4, -0.2) is 15.0 Å². The molecule has 0 fully saturated rings. The SMILES string of the molecule is Cc1cc2c(cc1-c1nc(-c3ccc4c(c3)oc3ccccc34)nc(C3C=C(c4ccccc4)C=CC3)n1)C(C)(C)CCC2(C)C. The molecule has 6 aromatic rings.